The van der Waals surface area contributed by atoms with E-state index in [1.165, 1.54) is 6.92 Å². The van der Waals surface area contributed by atoms with Crippen LogP contribution in [0.15, 0.2) is 28.9 Å². The molecule has 2 aromatic heterocycles. The molecular weight excluding hydrogens is 363 g/mol. The van der Waals surface area contributed by atoms with Gasteiger partial charge in [-0.2, -0.15) is 8.78 Å². The highest BCUT2D eigenvalue weighted by molar-refractivity contribution is 5.49. The second kappa shape index (κ2) is 7.02. The molecule has 0 spiro atoms. The van der Waals surface area contributed by atoms with Gasteiger partial charge in [-0.1, -0.05) is 0 Å². The third kappa shape index (κ3) is 3.60. The zero-order chi connectivity index (χ0) is 18.8. The van der Waals surface area contributed by atoms with Crippen molar-refractivity contribution in [1.82, 2.24) is 20.2 Å². The molecule has 3 aromatic rings. The van der Waals surface area contributed by atoms with Crippen LogP contribution in [-0.2, 0) is 0 Å². The topological polar surface area (TPSA) is 73.9 Å². The second-order valence-electron chi connectivity index (χ2n) is 5.04. The number of halogens is 5. The predicted octanol–water partition coefficient (Wildman–Crippen LogP) is 4.02. The molecule has 0 saturated carbocycles. The molecule has 1 atom stereocenters. The summed E-state index contributed by atoms with van der Waals surface area (Å²) in [5, 5.41) is 6.59. The van der Waals surface area contributed by atoms with Crippen molar-refractivity contribution in [2.75, 3.05) is 0 Å². The number of nitrogens with zero attached hydrogens (tertiary/aromatic N) is 4. The monoisotopic (exact) mass is 372 g/mol. The lowest BCUT2D eigenvalue weighted by Crippen LogP contribution is -2.10. The highest BCUT2D eigenvalue weighted by atomic mass is 19.3. The van der Waals surface area contributed by atoms with Gasteiger partial charge in [-0.05, 0) is 6.92 Å². The Morgan fingerprint density at radius 1 is 1.00 bits per heavy atom. The van der Waals surface area contributed by atoms with Crippen LogP contribution in [0.3, 0.4) is 0 Å². The predicted molar refractivity (Wildman–Crippen MR) is 75.6 cm³/mol. The number of alkyl halides is 2. The Morgan fingerprint density at radius 3 is 2.15 bits per heavy atom. The number of rotatable bonds is 5. The first-order valence-electron chi connectivity index (χ1n) is 7.10. The number of hydrogen-bond donors (Lipinski definition) is 0. The van der Waals surface area contributed by atoms with E-state index in [0.717, 1.165) is 12.4 Å². The summed E-state index contributed by atoms with van der Waals surface area (Å²) >= 11 is 0. The van der Waals surface area contributed by atoms with Crippen LogP contribution >= 0.6 is 0 Å². The zero-order valence-electron chi connectivity index (χ0n) is 13.0. The first kappa shape index (κ1) is 17.7. The van der Waals surface area contributed by atoms with Gasteiger partial charge in [0, 0.05) is 24.5 Å². The standard InChI is InChI=1S/C15H9F5N4O2/c1-6(11-9(17)2-8(16)3-10(11)18)25-15-21-4-7(5-22-15)13-23-24-14(26-13)12(19)20/h2-6,12H,1H3/t6-/m1/s1. The number of hydrogen-bond acceptors (Lipinski definition) is 6. The van der Waals surface area contributed by atoms with Gasteiger partial charge in [-0.25, -0.2) is 23.1 Å². The van der Waals surface area contributed by atoms with Crippen LogP contribution in [0.4, 0.5) is 22.0 Å². The van der Waals surface area contributed by atoms with Gasteiger partial charge in [0.05, 0.1) is 11.1 Å². The number of ether oxygens (including phenoxy) is 1. The maximum Gasteiger partial charge on any atom is 0.316 e. The molecule has 0 amide bonds. The fourth-order valence-corrected chi connectivity index (χ4v) is 2.09. The first-order valence-corrected chi connectivity index (χ1v) is 7.10. The normalized spacial score (nSPS) is 12.4. The van der Waals surface area contributed by atoms with Crippen molar-refractivity contribution in [2.45, 2.75) is 19.5 Å². The minimum atomic E-state index is -2.92. The first-order chi connectivity index (χ1) is 12.3. The Labute approximate surface area is 142 Å². The smallest absolute Gasteiger partial charge is 0.316 e. The molecule has 0 aliphatic rings. The molecule has 3 rings (SSSR count). The van der Waals surface area contributed by atoms with Crippen LogP contribution in [-0.4, -0.2) is 20.2 Å². The van der Waals surface area contributed by atoms with E-state index in [4.69, 9.17) is 9.15 Å². The van der Waals surface area contributed by atoms with Crippen molar-refractivity contribution in [3.05, 3.63) is 53.4 Å². The van der Waals surface area contributed by atoms with Crippen LogP contribution in [0.2, 0.25) is 0 Å². The number of aromatic nitrogens is 4. The summed E-state index contributed by atoms with van der Waals surface area (Å²) in [6.45, 7) is 1.32. The Morgan fingerprint density at radius 2 is 1.62 bits per heavy atom. The summed E-state index contributed by atoms with van der Waals surface area (Å²) in [7, 11) is 0. The van der Waals surface area contributed by atoms with Gasteiger partial charge in [0.25, 0.3) is 11.8 Å². The van der Waals surface area contributed by atoms with E-state index in [9.17, 15) is 22.0 Å². The Kier molecular flexibility index (Phi) is 4.78. The fraction of sp³-hybridized carbons (Fsp3) is 0.200. The molecule has 1 aromatic carbocycles. The van der Waals surface area contributed by atoms with Crippen molar-refractivity contribution in [3.63, 3.8) is 0 Å². The van der Waals surface area contributed by atoms with Crippen LogP contribution in [0.5, 0.6) is 6.01 Å². The molecule has 0 aliphatic heterocycles. The summed E-state index contributed by atoms with van der Waals surface area (Å²) in [4.78, 5) is 7.57. The molecular formula is C15H9F5N4O2. The quantitative estimate of drug-likeness (QED) is 0.630. The van der Waals surface area contributed by atoms with Crippen molar-refractivity contribution in [2.24, 2.45) is 0 Å². The van der Waals surface area contributed by atoms with Crippen molar-refractivity contribution in [3.8, 4) is 17.5 Å². The van der Waals surface area contributed by atoms with Gasteiger partial charge in [0.1, 0.15) is 23.6 Å². The third-order valence-corrected chi connectivity index (χ3v) is 3.23. The minimum Gasteiger partial charge on any atom is -0.455 e. The van der Waals surface area contributed by atoms with E-state index in [1.807, 2.05) is 0 Å². The average Bonchev–Trinajstić information content (AvgIpc) is 3.04. The molecule has 136 valence electrons. The van der Waals surface area contributed by atoms with E-state index in [0.29, 0.717) is 12.1 Å². The van der Waals surface area contributed by atoms with E-state index in [1.54, 1.807) is 0 Å². The van der Waals surface area contributed by atoms with Crippen molar-refractivity contribution in [1.29, 1.82) is 0 Å². The molecule has 0 aliphatic carbocycles. The highest BCUT2D eigenvalue weighted by Crippen LogP contribution is 2.26. The molecule has 11 heteroatoms. The van der Waals surface area contributed by atoms with E-state index >= 15 is 0 Å². The van der Waals surface area contributed by atoms with Crippen LogP contribution in [0.25, 0.3) is 11.5 Å². The lowest BCUT2D eigenvalue weighted by Gasteiger charge is -2.15. The maximum absolute atomic E-state index is 13.7. The fourth-order valence-electron chi connectivity index (χ4n) is 2.09. The Balaban J connectivity index is 1.77. The summed E-state index contributed by atoms with van der Waals surface area (Å²) in [5.41, 5.74) is -0.346. The lowest BCUT2D eigenvalue weighted by atomic mass is 10.1. The van der Waals surface area contributed by atoms with Crippen molar-refractivity contribution >= 4 is 0 Å². The Bertz CT molecular complexity index is 894. The second-order valence-corrected chi connectivity index (χ2v) is 5.04. The lowest BCUT2D eigenvalue weighted by molar-refractivity contribution is 0.116. The number of benzene rings is 1. The largest absolute Gasteiger partial charge is 0.455 e. The van der Waals surface area contributed by atoms with E-state index in [2.05, 4.69) is 20.2 Å². The van der Waals surface area contributed by atoms with Gasteiger partial charge in [-0.15, -0.1) is 10.2 Å². The minimum absolute atomic E-state index is 0.142. The molecule has 0 unspecified atom stereocenters. The van der Waals surface area contributed by atoms with Crippen LogP contribution < -0.4 is 4.74 Å². The highest BCUT2D eigenvalue weighted by Gasteiger charge is 2.21. The summed E-state index contributed by atoms with van der Waals surface area (Å²) in [6.07, 6.45) is -1.78. The summed E-state index contributed by atoms with van der Waals surface area (Å²) < 4.78 is 75.2. The van der Waals surface area contributed by atoms with Gasteiger partial charge in [0.15, 0.2) is 0 Å². The molecule has 0 N–H and O–H groups in total. The van der Waals surface area contributed by atoms with Gasteiger partial charge in [0.2, 0.25) is 0 Å². The van der Waals surface area contributed by atoms with Crippen molar-refractivity contribution < 1.29 is 31.1 Å². The van der Waals surface area contributed by atoms with Gasteiger partial charge >= 0.3 is 12.4 Å². The van der Waals surface area contributed by atoms with Gasteiger partial charge in [-0.3, -0.25) is 0 Å². The summed E-state index contributed by atoms with van der Waals surface area (Å²) in [5.74, 6) is -4.36. The molecule has 6 nitrogen and oxygen atoms in total. The molecule has 0 bridgehead atoms. The van der Waals surface area contributed by atoms with Crippen LogP contribution in [0.1, 0.15) is 30.9 Å². The van der Waals surface area contributed by atoms with Gasteiger partial charge < -0.3 is 9.15 Å². The molecule has 0 fully saturated rings. The van der Waals surface area contributed by atoms with E-state index < -0.39 is 41.4 Å². The molecule has 26 heavy (non-hydrogen) atoms. The molecule has 2 heterocycles. The van der Waals surface area contributed by atoms with Crippen LogP contribution in [0, 0.1) is 17.5 Å². The zero-order valence-corrected chi connectivity index (χ0v) is 13.0. The Hall–Kier alpha value is -3.11. The summed E-state index contributed by atoms with van der Waals surface area (Å²) in [6, 6.07) is 0.801. The van der Waals surface area contributed by atoms with E-state index in [-0.39, 0.29) is 17.5 Å². The average molecular weight is 372 g/mol. The maximum atomic E-state index is 13.7. The molecule has 0 radical (unpaired) electrons. The third-order valence-electron chi connectivity index (χ3n) is 3.23. The SMILES string of the molecule is C[C@@H](Oc1ncc(-c2nnc(C(F)F)o2)cn1)c1c(F)cc(F)cc1F. The molecule has 0 saturated heterocycles.